The second-order valence-corrected chi connectivity index (χ2v) is 7.04. The maximum Gasteiger partial charge on any atom is 0.123 e. The minimum absolute atomic E-state index is 0.293. The summed E-state index contributed by atoms with van der Waals surface area (Å²) in [6.07, 6.45) is 2.28. The quantitative estimate of drug-likeness (QED) is 0.847. The van der Waals surface area contributed by atoms with Crippen molar-refractivity contribution in [2.75, 3.05) is 39.9 Å². The van der Waals surface area contributed by atoms with Gasteiger partial charge in [-0.2, -0.15) is 0 Å². The monoisotopic (exact) mass is 314 g/mol. The molecule has 0 unspecified atom stereocenters. The lowest BCUT2D eigenvalue weighted by atomic mass is 9.86. The number of hydrogen-bond acceptors (Lipinski definition) is 4. The summed E-state index contributed by atoms with van der Waals surface area (Å²) in [4.78, 5) is 9.97. The number of benzene rings is 1. The van der Waals surface area contributed by atoms with Crippen molar-refractivity contribution in [2.24, 2.45) is 7.05 Å². The Labute approximate surface area is 137 Å². The van der Waals surface area contributed by atoms with Crippen LogP contribution in [-0.4, -0.2) is 64.8 Å². The maximum atomic E-state index is 5.60. The fraction of sp³-hybridized carbons (Fsp3) is 0.611. The molecule has 5 heteroatoms. The number of nitrogens with zero attached hydrogens (tertiary/aromatic N) is 4. The number of hydrogen-bond donors (Lipinski definition) is 0. The fourth-order valence-corrected chi connectivity index (χ4v) is 4.11. The fourth-order valence-electron chi connectivity index (χ4n) is 4.11. The Hall–Kier alpha value is -1.43. The molecule has 124 valence electrons. The van der Waals surface area contributed by atoms with Crippen molar-refractivity contribution in [1.82, 2.24) is 19.4 Å². The summed E-state index contributed by atoms with van der Waals surface area (Å²) in [6.45, 7) is 6.08. The van der Waals surface area contributed by atoms with Crippen molar-refractivity contribution < 1.29 is 4.74 Å². The largest absolute Gasteiger partial charge is 0.381 e. The summed E-state index contributed by atoms with van der Waals surface area (Å²) in [7, 11) is 4.41. The summed E-state index contributed by atoms with van der Waals surface area (Å²) >= 11 is 0. The second-order valence-electron chi connectivity index (χ2n) is 7.04. The van der Waals surface area contributed by atoms with E-state index < -0.39 is 0 Å². The third-order valence-electron chi connectivity index (χ3n) is 5.75. The highest BCUT2D eigenvalue weighted by molar-refractivity contribution is 5.75. The highest BCUT2D eigenvalue weighted by atomic mass is 16.5. The molecule has 1 aromatic carbocycles. The highest BCUT2D eigenvalue weighted by Gasteiger charge is 2.41. The molecule has 2 aliphatic heterocycles. The van der Waals surface area contributed by atoms with Gasteiger partial charge in [-0.05, 0) is 32.0 Å². The molecular formula is C18H26N4O. The summed E-state index contributed by atoms with van der Waals surface area (Å²) in [5.41, 5.74) is 2.61. The van der Waals surface area contributed by atoms with E-state index >= 15 is 0 Å². The molecule has 0 saturated carbocycles. The molecule has 0 amide bonds. The van der Waals surface area contributed by atoms with Crippen molar-refractivity contribution in [3.63, 3.8) is 0 Å². The normalized spacial score (nSPS) is 22.9. The van der Waals surface area contributed by atoms with Crippen LogP contribution >= 0.6 is 0 Å². The number of ether oxygens (including phenoxy) is 1. The van der Waals surface area contributed by atoms with Crippen molar-refractivity contribution in [1.29, 1.82) is 0 Å². The van der Waals surface area contributed by atoms with E-state index in [4.69, 9.17) is 9.72 Å². The van der Waals surface area contributed by atoms with Gasteiger partial charge < -0.3 is 9.30 Å². The van der Waals surface area contributed by atoms with Crippen LogP contribution in [0.4, 0.5) is 0 Å². The van der Waals surface area contributed by atoms with Gasteiger partial charge in [0.25, 0.3) is 0 Å². The van der Waals surface area contributed by atoms with Gasteiger partial charge in [-0.3, -0.25) is 9.80 Å². The van der Waals surface area contributed by atoms with E-state index in [1.54, 1.807) is 0 Å². The molecule has 0 N–H and O–H groups in total. The van der Waals surface area contributed by atoms with Crippen LogP contribution in [0.15, 0.2) is 24.3 Å². The zero-order valence-corrected chi connectivity index (χ0v) is 14.2. The summed E-state index contributed by atoms with van der Waals surface area (Å²) < 4.78 is 7.84. The number of imidazole rings is 1. The van der Waals surface area contributed by atoms with Crippen LogP contribution < -0.4 is 0 Å². The van der Waals surface area contributed by atoms with Gasteiger partial charge >= 0.3 is 0 Å². The van der Waals surface area contributed by atoms with Crippen LogP contribution in [0.1, 0.15) is 18.7 Å². The third kappa shape index (κ3) is 2.67. The Morgan fingerprint density at radius 1 is 1.13 bits per heavy atom. The maximum absolute atomic E-state index is 5.60. The topological polar surface area (TPSA) is 33.5 Å². The van der Waals surface area contributed by atoms with Gasteiger partial charge in [-0.15, -0.1) is 0 Å². The molecule has 4 rings (SSSR count). The lowest BCUT2D eigenvalue weighted by molar-refractivity contribution is -0.0630. The van der Waals surface area contributed by atoms with Crippen LogP contribution in [0, 0.1) is 0 Å². The first-order valence-electron chi connectivity index (χ1n) is 8.60. The van der Waals surface area contributed by atoms with Crippen LogP contribution in [0.3, 0.4) is 0 Å². The van der Waals surface area contributed by atoms with Gasteiger partial charge in [-0.1, -0.05) is 12.1 Å². The molecule has 1 spiro atoms. The van der Waals surface area contributed by atoms with E-state index in [1.165, 1.54) is 5.52 Å². The number of rotatable bonds is 2. The van der Waals surface area contributed by atoms with Crippen molar-refractivity contribution in [2.45, 2.75) is 24.9 Å². The van der Waals surface area contributed by atoms with Crippen molar-refractivity contribution in [3.05, 3.63) is 30.1 Å². The molecule has 0 atom stereocenters. The molecular weight excluding hydrogens is 288 g/mol. The SMILES string of the molecule is CN1CCN(Cc2nc3ccccc3n2C)CC12CCOCC2. The number of piperazine rings is 1. The van der Waals surface area contributed by atoms with Gasteiger partial charge in [0.05, 0.1) is 17.6 Å². The highest BCUT2D eigenvalue weighted by Crippen LogP contribution is 2.31. The average molecular weight is 314 g/mol. The zero-order chi connectivity index (χ0) is 15.9. The molecule has 0 aliphatic carbocycles. The minimum atomic E-state index is 0.293. The van der Waals surface area contributed by atoms with E-state index in [9.17, 15) is 0 Å². The Bertz CT molecular complexity index is 689. The smallest absolute Gasteiger partial charge is 0.123 e. The molecule has 0 bridgehead atoms. The number of fused-ring (bicyclic) bond motifs is 1. The summed E-state index contributed by atoms with van der Waals surface area (Å²) in [6, 6.07) is 8.39. The van der Waals surface area contributed by atoms with Crippen LogP contribution in [0.5, 0.6) is 0 Å². The standard InChI is InChI=1S/C18H26N4O/c1-20-9-10-22(14-18(20)7-11-23-12-8-18)13-17-19-15-5-3-4-6-16(15)21(17)2/h3-6H,7-14H2,1-2H3. The molecule has 0 radical (unpaired) electrons. The molecule has 2 aliphatic rings. The van der Waals surface area contributed by atoms with Gasteiger partial charge in [0.15, 0.2) is 0 Å². The lowest BCUT2D eigenvalue weighted by Gasteiger charge is -2.51. The molecule has 2 fully saturated rings. The molecule has 23 heavy (non-hydrogen) atoms. The van der Waals surface area contributed by atoms with Gasteiger partial charge in [0.1, 0.15) is 5.82 Å². The molecule has 2 saturated heterocycles. The van der Waals surface area contributed by atoms with Crippen LogP contribution in [0.25, 0.3) is 11.0 Å². The first-order chi connectivity index (χ1) is 11.2. The Balaban J connectivity index is 1.55. The molecule has 5 nitrogen and oxygen atoms in total. The first kappa shape index (κ1) is 15.1. The first-order valence-corrected chi connectivity index (χ1v) is 8.60. The summed E-state index contributed by atoms with van der Waals surface area (Å²) in [5.74, 6) is 1.16. The van der Waals surface area contributed by atoms with Crippen LogP contribution in [0.2, 0.25) is 0 Å². The molecule has 2 aromatic rings. The zero-order valence-electron chi connectivity index (χ0n) is 14.2. The second kappa shape index (κ2) is 5.89. The Morgan fingerprint density at radius 2 is 1.91 bits per heavy atom. The van der Waals surface area contributed by atoms with Crippen molar-refractivity contribution >= 4 is 11.0 Å². The van der Waals surface area contributed by atoms with E-state index in [0.29, 0.717) is 5.54 Å². The van der Waals surface area contributed by atoms with E-state index in [1.807, 2.05) is 0 Å². The summed E-state index contributed by atoms with van der Waals surface area (Å²) in [5, 5.41) is 0. The number of aryl methyl sites for hydroxylation is 1. The third-order valence-corrected chi connectivity index (χ3v) is 5.75. The van der Waals surface area contributed by atoms with Gasteiger partial charge in [0.2, 0.25) is 0 Å². The van der Waals surface area contributed by atoms with E-state index in [2.05, 4.69) is 52.7 Å². The van der Waals surface area contributed by atoms with E-state index in [-0.39, 0.29) is 0 Å². The van der Waals surface area contributed by atoms with Gasteiger partial charge in [0, 0.05) is 45.4 Å². The number of aromatic nitrogens is 2. The number of para-hydroxylation sites is 2. The lowest BCUT2D eigenvalue weighted by Crippen LogP contribution is -2.62. The Morgan fingerprint density at radius 3 is 2.70 bits per heavy atom. The van der Waals surface area contributed by atoms with Gasteiger partial charge in [-0.25, -0.2) is 4.98 Å². The van der Waals surface area contributed by atoms with E-state index in [0.717, 1.165) is 63.6 Å². The van der Waals surface area contributed by atoms with Crippen LogP contribution in [-0.2, 0) is 18.3 Å². The average Bonchev–Trinajstić information content (AvgIpc) is 2.89. The number of likely N-dealkylation sites (N-methyl/N-ethyl adjacent to an activating group) is 1. The molecule has 3 heterocycles. The minimum Gasteiger partial charge on any atom is -0.381 e. The predicted octanol–water partition coefficient (Wildman–Crippen LogP) is 1.87. The Kier molecular flexibility index (Phi) is 3.87. The van der Waals surface area contributed by atoms with Crippen molar-refractivity contribution in [3.8, 4) is 0 Å². The molecule has 1 aromatic heterocycles. The predicted molar refractivity (Wildman–Crippen MR) is 91.4 cm³/mol.